The van der Waals surface area contributed by atoms with Gasteiger partial charge in [0.25, 0.3) is 0 Å². The van der Waals surface area contributed by atoms with Gasteiger partial charge >= 0.3 is 5.97 Å². The van der Waals surface area contributed by atoms with Crippen LogP contribution in [0.5, 0.6) is 0 Å². The van der Waals surface area contributed by atoms with Crippen molar-refractivity contribution in [2.75, 3.05) is 17.7 Å². The van der Waals surface area contributed by atoms with Crippen LogP contribution >= 0.6 is 11.8 Å². The maximum absolute atomic E-state index is 11.5. The predicted octanol–water partition coefficient (Wildman–Crippen LogP) is 2.94. The molecule has 1 aromatic rings. The first-order chi connectivity index (χ1) is 9.02. The molecule has 5 heteroatoms. The van der Waals surface area contributed by atoms with Crippen molar-refractivity contribution in [3.05, 3.63) is 24.3 Å². The van der Waals surface area contributed by atoms with Crippen LogP contribution in [0, 0.1) is 5.92 Å². The van der Waals surface area contributed by atoms with Crippen molar-refractivity contribution in [1.82, 2.24) is 0 Å². The first kappa shape index (κ1) is 15.6. The Bertz CT molecular complexity index is 431. The summed E-state index contributed by atoms with van der Waals surface area (Å²) in [6, 6.07) is 7.54. The van der Waals surface area contributed by atoms with Crippen LogP contribution in [0.3, 0.4) is 0 Å². The van der Waals surface area contributed by atoms with E-state index in [2.05, 4.69) is 5.32 Å². The molecule has 1 aromatic carbocycles. The molecule has 0 bridgehead atoms. The van der Waals surface area contributed by atoms with Gasteiger partial charge in [0.1, 0.15) is 0 Å². The summed E-state index contributed by atoms with van der Waals surface area (Å²) in [6.45, 7) is 5.55. The Hall–Kier alpha value is -1.49. The second-order valence-corrected chi connectivity index (χ2v) is 5.26. The molecule has 1 rings (SSSR count). The van der Waals surface area contributed by atoms with E-state index in [1.807, 2.05) is 31.2 Å². The van der Waals surface area contributed by atoms with E-state index < -0.39 is 0 Å². The molecule has 104 valence electrons. The van der Waals surface area contributed by atoms with Crippen LogP contribution in [0.25, 0.3) is 0 Å². The molecule has 4 nitrogen and oxygen atoms in total. The van der Waals surface area contributed by atoms with E-state index in [4.69, 9.17) is 4.74 Å². The molecule has 0 aliphatic heterocycles. The minimum Gasteiger partial charge on any atom is -0.466 e. The maximum Gasteiger partial charge on any atom is 0.309 e. The lowest BCUT2D eigenvalue weighted by molar-refractivity contribution is -0.146. The van der Waals surface area contributed by atoms with Crippen molar-refractivity contribution < 1.29 is 14.3 Å². The molecular formula is C14H19NO3S. The topological polar surface area (TPSA) is 55.4 Å². The largest absolute Gasteiger partial charge is 0.466 e. The number of rotatable bonds is 6. The van der Waals surface area contributed by atoms with E-state index in [0.717, 1.165) is 10.6 Å². The standard InChI is InChI=1S/C14H19NO3S/c1-4-18-14(17)10(2)9-19-13-7-5-12(6-8-13)15-11(3)16/h5-8,10H,4,9H2,1-3H3,(H,15,16). The van der Waals surface area contributed by atoms with Gasteiger partial charge in [-0.25, -0.2) is 0 Å². The Morgan fingerprint density at radius 3 is 2.47 bits per heavy atom. The fourth-order valence-electron chi connectivity index (χ4n) is 1.41. The van der Waals surface area contributed by atoms with Gasteiger partial charge in [-0.15, -0.1) is 11.8 Å². The molecule has 0 aliphatic carbocycles. The van der Waals surface area contributed by atoms with Crippen molar-refractivity contribution >= 4 is 29.3 Å². The number of esters is 1. The Morgan fingerprint density at radius 1 is 1.32 bits per heavy atom. The quantitative estimate of drug-likeness (QED) is 0.643. The molecule has 0 fully saturated rings. The highest BCUT2D eigenvalue weighted by Crippen LogP contribution is 2.23. The molecule has 1 amide bonds. The molecule has 0 radical (unpaired) electrons. The van der Waals surface area contributed by atoms with Crippen molar-refractivity contribution in [1.29, 1.82) is 0 Å². The fraction of sp³-hybridized carbons (Fsp3) is 0.429. The number of hydrogen-bond acceptors (Lipinski definition) is 4. The SMILES string of the molecule is CCOC(=O)C(C)CSc1ccc(NC(C)=O)cc1. The number of amides is 1. The lowest BCUT2D eigenvalue weighted by Gasteiger charge is -2.10. The zero-order valence-corrected chi connectivity index (χ0v) is 12.3. The zero-order valence-electron chi connectivity index (χ0n) is 11.4. The maximum atomic E-state index is 11.5. The van der Waals surface area contributed by atoms with E-state index in [1.54, 1.807) is 18.7 Å². The monoisotopic (exact) mass is 281 g/mol. The van der Waals surface area contributed by atoms with Crippen molar-refractivity contribution in [3.63, 3.8) is 0 Å². The summed E-state index contributed by atoms with van der Waals surface area (Å²) in [5.41, 5.74) is 0.773. The Kier molecular flexibility index (Phi) is 6.42. The first-order valence-corrected chi connectivity index (χ1v) is 7.18. The Balaban J connectivity index is 2.45. The number of anilines is 1. The molecule has 1 N–H and O–H groups in total. The van der Waals surface area contributed by atoms with Crippen molar-refractivity contribution in [2.24, 2.45) is 5.92 Å². The molecular weight excluding hydrogens is 262 g/mol. The predicted molar refractivity (Wildman–Crippen MR) is 77.3 cm³/mol. The second kappa shape index (κ2) is 7.84. The third-order valence-electron chi connectivity index (χ3n) is 2.36. The first-order valence-electron chi connectivity index (χ1n) is 6.20. The lowest BCUT2D eigenvalue weighted by Crippen LogP contribution is -2.16. The molecule has 0 aromatic heterocycles. The van der Waals surface area contributed by atoms with E-state index >= 15 is 0 Å². The highest BCUT2D eigenvalue weighted by Gasteiger charge is 2.13. The van der Waals surface area contributed by atoms with Gasteiger partial charge in [-0.1, -0.05) is 6.92 Å². The average Bonchev–Trinajstić information content (AvgIpc) is 2.37. The Labute approximate surface area is 117 Å². The van der Waals surface area contributed by atoms with Crippen LogP contribution in [0.1, 0.15) is 20.8 Å². The van der Waals surface area contributed by atoms with Gasteiger partial charge in [0, 0.05) is 23.3 Å². The van der Waals surface area contributed by atoms with Crippen LogP contribution in [0.4, 0.5) is 5.69 Å². The number of carbonyl (C=O) groups is 2. The third-order valence-corrected chi connectivity index (χ3v) is 3.64. The number of ether oxygens (including phenoxy) is 1. The van der Waals surface area contributed by atoms with Gasteiger partial charge in [-0.3, -0.25) is 9.59 Å². The summed E-state index contributed by atoms with van der Waals surface area (Å²) in [5, 5.41) is 2.71. The number of carbonyl (C=O) groups excluding carboxylic acids is 2. The summed E-state index contributed by atoms with van der Waals surface area (Å²) in [4.78, 5) is 23.4. The summed E-state index contributed by atoms with van der Waals surface area (Å²) in [5.74, 6) is 0.305. The summed E-state index contributed by atoms with van der Waals surface area (Å²) < 4.78 is 4.96. The highest BCUT2D eigenvalue weighted by molar-refractivity contribution is 7.99. The van der Waals surface area contributed by atoms with Gasteiger partial charge in [0.05, 0.1) is 12.5 Å². The third kappa shape index (κ3) is 5.79. The van der Waals surface area contributed by atoms with Gasteiger partial charge in [0.2, 0.25) is 5.91 Å². The number of benzene rings is 1. The molecule has 0 heterocycles. The van der Waals surface area contributed by atoms with Crippen LogP contribution in [0.15, 0.2) is 29.2 Å². The normalized spacial score (nSPS) is 11.7. The number of hydrogen-bond donors (Lipinski definition) is 1. The lowest BCUT2D eigenvalue weighted by atomic mass is 10.2. The van der Waals surface area contributed by atoms with Crippen molar-refractivity contribution in [3.8, 4) is 0 Å². The van der Waals surface area contributed by atoms with Crippen LogP contribution in [0.2, 0.25) is 0 Å². The van der Waals surface area contributed by atoms with E-state index in [0.29, 0.717) is 12.4 Å². The molecule has 0 saturated heterocycles. The van der Waals surface area contributed by atoms with Gasteiger partial charge in [-0.05, 0) is 31.2 Å². The van der Waals surface area contributed by atoms with Crippen LogP contribution in [-0.4, -0.2) is 24.2 Å². The number of thioether (sulfide) groups is 1. The second-order valence-electron chi connectivity index (χ2n) is 4.17. The van der Waals surface area contributed by atoms with E-state index in [9.17, 15) is 9.59 Å². The van der Waals surface area contributed by atoms with E-state index in [1.165, 1.54) is 6.92 Å². The van der Waals surface area contributed by atoms with Gasteiger partial charge in [0.15, 0.2) is 0 Å². The van der Waals surface area contributed by atoms with Crippen molar-refractivity contribution in [2.45, 2.75) is 25.7 Å². The summed E-state index contributed by atoms with van der Waals surface area (Å²) in [6.07, 6.45) is 0. The smallest absolute Gasteiger partial charge is 0.309 e. The molecule has 1 atom stereocenters. The summed E-state index contributed by atoms with van der Waals surface area (Å²) >= 11 is 1.60. The number of nitrogens with one attached hydrogen (secondary N) is 1. The molecule has 1 unspecified atom stereocenters. The summed E-state index contributed by atoms with van der Waals surface area (Å²) in [7, 11) is 0. The molecule has 0 spiro atoms. The van der Waals surface area contributed by atoms with Gasteiger partial charge < -0.3 is 10.1 Å². The highest BCUT2D eigenvalue weighted by atomic mass is 32.2. The minimum atomic E-state index is -0.162. The van der Waals surface area contributed by atoms with Crippen LogP contribution in [-0.2, 0) is 14.3 Å². The molecule has 19 heavy (non-hydrogen) atoms. The van der Waals surface area contributed by atoms with Gasteiger partial charge in [-0.2, -0.15) is 0 Å². The fourth-order valence-corrected chi connectivity index (χ4v) is 2.32. The zero-order chi connectivity index (χ0) is 14.3. The molecule has 0 aliphatic rings. The van der Waals surface area contributed by atoms with Crippen LogP contribution < -0.4 is 5.32 Å². The average molecular weight is 281 g/mol. The van der Waals surface area contributed by atoms with E-state index in [-0.39, 0.29) is 17.8 Å². The Morgan fingerprint density at radius 2 is 1.95 bits per heavy atom. The minimum absolute atomic E-state index is 0.0867. The molecule has 0 saturated carbocycles.